The summed E-state index contributed by atoms with van der Waals surface area (Å²) in [6.07, 6.45) is 0.999. The quantitative estimate of drug-likeness (QED) is 0.668. The summed E-state index contributed by atoms with van der Waals surface area (Å²) >= 11 is 0. The molecule has 0 fully saturated rings. The summed E-state index contributed by atoms with van der Waals surface area (Å²) in [6.45, 7) is 7.32. The first-order valence-electron chi connectivity index (χ1n) is 6.25. The van der Waals surface area contributed by atoms with E-state index >= 15 is 0 Å². The Morgan fingerprint density at radius 1 is 1.00 bits per heavy atom. The van der Waals surface area contributed by atoms with Gasteiger partial charge in [-0.05, 0) is 25.8 Å². The van der Waals surface area contributed by atoms with Crippen LogP contribution in [0.25, 0.3) is 0 Å². The van der Waals surface area contributed by atoms with Crippen molar-refractivity contribution in [1.29, 1.82) is 0 Å². The topological polar surface area (TPSA) is 27.7 Å². The van der Waals surface area contributed by atoms with Gasteiger partial charge in [-0.2, -0.15) is 0 Å². The van der Waals surface area contributed by atoms with Crippen molar-refractivity contribution in [2.24, 2.45) is 0 Å². The van der Waals surface area contributed by atoms with E-state index in [4.69, 9.17) is 13.3 Å². The molecule has 1 aromatic carbocycles. The molecule has 4 heteroatoms. The van der Waals surface area contributed by atoms with Crippen LogP contribution in [0, 0.1) is 0 Å². The van der Waals surface area contributed by atoms with Crippen LogP contribution < -0.4 is 0 Å². The third-order valence-electron chi connectivity index (χ3n) is 2.42. The molecule has 0 bridgehead atoms. The lowest BCUT2D eigenvalue weighted by Crippen LogP contribution is -2.29. The Bertz CT molecular complexity index is 286. The van der Waals surface area contributed by atoms with Gasteiger partial charge in [-0.25, -0.2) is 0 Å². The van der Waals surface area contributed by atoms with E-state index in [-0.39, 0.29) is 6.10 Å². The van der Waals surface area contributed by atoms with Gasteiger partial charge in [0.25, 0.3) is 0 Å². The molecule has 0 N–H and O–H groups in total. The van der Waals surface area contributed by atoms with Gasteiger partial charge >= 0.3 is 9.53 Å². The summed E-state index contributed by atoms with van der Waals surface area (Å²) in [5.41, 5.74) is 1.19. The van der Waals surface area contributed by atoms with E-state index in [1.807, 2.05) is 32.0 Å². The summed E-state index contributed by atoms with van der Waals surface area (Å²) in [5.74, 6) is 0. The molecule has 0 saturated heterocycles. The molecule has 0 aliphatic carbocycles. The molecule has 1 aromatic rings. The highest BCUT2D eigenvalue weighted by atomic mass is 28.3. The standard InChI is InChI=1S/C13H22O3Si/c1-4-13(12-10-8-7-9-11-12)16-17(14-5-2)15-6-3/h7-11,13,17H,4-6H2,1-3H3. The molecule has 3 nitrogen and oxygen atoms in total. The Morgan fingerprint density at radius 3 is 2.06 bits per heavy atom. The molecule has 0 aromatic heterocycles. The average Bonchev–Trinajstić information content (AvgIpc) is 2.37. The number of hydrogen-bond acceptors (Lipinski definition) is 3. The van der Waals surface area contributed by atoms with Crippen LogP contribution in [0.15, 0.2) is 30.3 Å². The zero-order valence-electron chi connectivity index (χ0n) is 10.9. The van der Waals surface area contributed by atoms with Gasteiger partial charge in [0.1, 0.15) is 0 Å². The van der Waals surface area contributed by atoms with Crippen molar-refractivity contribution in [3.8, 4) is 0 Å². The van der Waals surface area contributed by atoms with Gasteiger partial charge in [0.15, 0.2) is 0 Å². The monoisotopic (exact) mass is 254 g/mol. The molecule has 1 unspecified atom stereocenters. The molecule has 0 radical (unpaired) electrons. The molecule has 0 amide bonds. The first kappa shape index (κ1) is 14.4. The number of hydrogen-bond donors (Lipinski definition) is 0. The molecule has 0 saturated carbocycles. The Morgan fingerprint density at radius 2 is 1.59 bits per heavy atom. The summed E-state index contributed by atoms with van der Waals surface area (Å²) < 4.78 is 17.0. The second-order valence-electron chi connectivity index (χ2n) is 3.64. The van der Waals surface area contributed by atoms with Gasteiger partial charge in [-0.15, -0.1) is 0 Å². The van der Waals surface area contributed by atoms with Crippen LogP contribution in [0.3, 0.4) is 0 Å². The predicted octanol–water partition coefficient (Wildman–Crippen LogP) is 2.94. The maximum atomic E-state index is 5.96. The first-order valence-corrected chi connectivity index (χ1v) is 7.66. The highest BCUT2D eigenvalue weighted by Crippen LogP contribution is 2.21. The molecule has 0 aliphatic rings. The minimum absolute atomic E-state index is 0.0750. The van der Waals surface area contributed by atoms with Crippen LogP contribution in [0.1, 0.15) is 38.9 Å². The maximum absolute atomic E-state index is 5.96. The Labute approximate surface area is 106 Å². The van der Waals surface area contributed by atoms with E-state index in [1.165, 1.54) is 5.56 Å². The average molecular weight is 254 g/mol. The molecule has 1 rings (SSSR count). The van der Waals surface area contributed by atoms with E-state index in [0.29, 0.717) is 13.2 Å². The largest absolute Gasteiger partial charge is 0.484 e. The van der Waals surface area contributed by atoms with Crippen molar-refractivity contribution >= 4 is 9.53 Å². The van der Waals surface area contributed by atoms with Crippen LogP contribution in [0.4, 0.5) is 0 Å². The van der Waals surface area contributed by atoms with Gasteiger partial charge in [0.05, 0.1) is 6.10 Å². The molecule has 96 valence electrons. The van der Waals surface area contributed by atoms with Gasteiger partial charge < -0.3 is 13.3 Å². The lowest BCUT2D eigenvalue weighted by Gasteiger charge is -2.22. The minimum atomic E-state index is -1.98. The van der Waals surface area contributed by atoms with Gasteiger partial charge in [0.2, 0.25) is 0 Å². The molecule has 0 spiro atoms. The van der Waals surface area contributed by atoms with Crippen LogP contribution in [-0.4, -0.2) is 22.7 Å². The van der Waals surface area contributed by atoms with E-state index in [0.717, 1.165) is 6.42 Å². The number of rotatable bonds is 8. The van der Waals surface area contributed by atoms with E-state index in [9.17, 15) is 0 Å². The molecule has 1 atom stereocenters. The highest BCUT2D eigenvalue weighted by Gasteiger charge is 2.20. The van der Waals surface area contributed by atoms with Gasteiger partial charge in [0, 0.05) is 13.2 Å². The lowest BCUT2D eigenvalue weighted by atomic mass is 10.1. The third-order valence-corrected chi connectivity index (χ3v) is 4.18. The van der Waals surface area contributed by atoms with Crippen molar-refractivity contribution in [2.75, 3.05) is 13.2 Å². The fourth-order valence-electron chi connectivity index (χ4n) is 1.61. The maximum Gasteiger partial charge on any atom is 0.484 e. The van der Waals surface area contributed by atoms with E-state index in [2.05, 4.69) is 19.1 Å². The van der Waals surface area contributed by atoms with Crippen LogP contribution >= 0.6 is 0 Å². The number of benzene rings is 1. The molecule has 17 heavy (non-hydrogen) atoms. The molecular weight excluding hydrogens is 232 g/mol. The van der Waals surface area contributed by atoms with Crippen molar-refractivity contribution in [2.45, 2.75) is 33.3 Å². The van der Waals surface area contributed by atoms with Gasteiger partial charge in [-0.1, -0.05) is 37.3 Å². The first-order chi connectivity index (χ1) is 8.31. The van der Waals surface area contributed by atoms with Crippen molar-refractivity contribution in [3.63, 3.8) is 0 Å². The van der Waals surface area contributed by atoms with Crippen molar-refractivity contribution in [3.05, 3.63) is 35.9 Å². The van der Waals surface area contributed by atoms with Crippen molar-refractivity contribution < 1.29 is 13.3 Å². The smallest absolute Gasteiger partial charge is 0.376 e. The lowest BCUT2D eigenvalue weighted by molar-refractivity contribution is 0.0610. The summed E-state index contributed by atoms with van der Waals surface area (Å²) in [6, 6.07) is 10.2. The Balaban J connectivity index is 2.61. The van der Waals surface area contributed by atoms with Gasteiger partial charge in [-0.3, -0.25) is 0 Å². The second-order valence-corrected chi connectivity index (χ2v) is 5.16. The SMILES string of the molecule is CCO[SiH](OCC)OC(CC)c1ccccc1. The van der Waals surface area contributed by atoms with Crippen LogP contribution in [0.2, 0.25) is 0 Å². The predicted molar refractivity (Wildman–Crippen MR) is 71.0 cm³/mol. The minimum Gasteiger partial charge on any atom is -0.376 e. The summed E-state index contributed by atoms with van der Waals surface area (Å²) in [5, 5.41) is 0. The van der Waals surface area contributed by atoms with Crippen LogP contribution in [0.5, 0.6) is 0 Å². The molecule has 0 aliphatic heterocycles. The van der Waals surface area contributed by atoms with E-state index < -0.39 is 9.53 Å². The highest BCUT2D eigenvalue weighted by molar-refractivity contribution is 6.36. The Hall–Kier alpha value is -0.683. The second kappa shape index (κ2) is 8.41. The normalized spacial score (nSPS) is 12.9. The zero-order valence-corrected chi connectivity index (χ0v) is 12.0. The van der Waals surface area contributed by atoms with E-state index in [1.54, 1.807) is 0 Å². The molecular formula is C13H22O3Si. The van der Waals surface area contributed by atoms with Crippen LogP contribution in [-0.2, 0) is 13.3 Å². The third kappa shape index (κ3) is 5.00. The summed E-state index contributed by atoms with van der Waals surface area (Å²) in [4.78, 5) is 0. The summed E-state index contributed by atoms with van der Waals surface area (Å²) in [7, 11) is -1.98. The molecule has 0 heterocycles. The Kier molecular flexibility index (Phi) is 7.12. The van der Waals surface area contributed by atoms with Crippen molar-refractivity contribution in [1.82, 2.24) is 0 Å². The fourth-order valence-corrected chi connectivity index (χ4v) is 3.03. The fraction of sp³-hybridized carbons (Fsp3) is 0.538. The zero-order chi connectivity index (χ0) is 12.5.